The first-order valence-corrected chi connectivity index (χ1v) is 9.62. The molecule has 0 aliphatic carbocycles. The Morgan fingerprint density at radius 3 is 2.69 bits per heavy atom. The average molecular weight is 393 g/mol. The average Bonchev–Trinajstić information content (AvgIpc) is 3.30. The molecule has 7 nitrogen and oxygen atoms in total. The van der Waals surface area contributed by atoms with E-state index in [0.29, 0.717) is 29.9 Å². The first-order valence-electron chi connectivity index (χ1n) is 9.62. The second-order valence-electron chi connectivity index (χ2n) is 7.53. The third-order valence-corrected chi connectivity index (χ3v) is 4.50. The third-order valence-electron chi connectivity index (χ3n) is 4.50. The number of aromatic nitrogens is 5. The van der Waals surface area contributed by atoms with Crippen LogP contribution in [0.4, 0.5) is 21.7 Å². The fourth-order valence-electron chi connectivity index (χ4n) is 3.27. The van der Waals surface area contributed by atoms with E-state index in [-0.39, 0.29) is 5.82 Å². The van der Waals surface area contributed by atoms with Crippen LogP contribution < -0.4 is 10.2 Å². The smallest absolute Gasteiger partial charge is 0.170 e. The molecule has 0 unspecified atom stereocenters. The van der Waals surface area contributed by atoms with E-state index in [0.717, 1.165) is 23.4 Å². The highest BCUT2D eigenvalue weighted by Gasteiger charge is 2.15. The van der Waals surface area contributed by atoms with Crippen molar-refractivity contribution in [1.82, 2.24) is 24.8 Å². The van der Waals surface area contributed by atoms with E-state index in [1.165, 1.54) is 12.1 Å². The molecule has 0 fully saturated rings. The van der Waals surface area contributed by atoms with Crippen LogP contribution in [-0.2, 0) is 6.54 Å². The zero-order valence-corrected chi connectivity index (χ0v) is 16.7. The summed E-state index contributed by atoms with van der Waals surface area (Å²) in [6, 6.07) is 12.3. The van der Waals surface area contributed by atoms with E-state index in [4.69, 9.17) is 4.98 Å². The highest BCUT2D eigenvalue weighted by atomic mass is 19.1. The van der Waals surface area contributed by atoms with E-state index in [1.54, 1.807) is 12.1 Å². The maximum absolute atomic E-state index is 13.4. The normalized spacial score (nSPS) is 11.3. The van der Waals surface area contributed by atoms with Crippen LogP contribution in [0.5, 0.6) is 0 Å². The molecule has 4 rings (SSSR count). The Bertz CT molecular complexity index is 1100. The van der Waals surface area contributed by atoms with Gasteiger partial charge in [-0.15, -0.1) is 0 Å². The lowest BCUT2D eigenvalue weighted by atomic mass is 10.2. The molecule has 29 heavy (non-hydrogen) atoms. The van der Waals surface area contributed by atoms with Crippen molar-refractivity contribution in [3.63, 3.8) is 0 Å². The molecule has 0 radical (unpaired) electrons. The summed E-state index contributed by atoms with van der Waals surface area (Å²) in [5, 5.41) is 15.1. The van der Waals surface area contributed by atoms with Gasteiger partial charge in [0.05, 0.1) is 6.54 Å². The number of H-pyrrole nitrogens is 1. The van der Waals surface area contributed by atoms with Gasteiger partial charge in [0.2, 0.25) is 0 Å². The molecule has 0 spiro atoms. The predicted octanol–water partition coefficient (Wildman–Crippen LogP) is 4.31. The van der Waals surface area contributed by atoms with Crippen molar-refractivity contribution in [2.75, 3.05) is 16.8 Å². The molecular formula is C21H24FN7. The zero-order valence-electron chi connectivity index (χ0n) is 16.7. The number of anilines is 3. The summed E-state index contributed by atoms with van der Waals surface area (Å²) in [4.78, 5) is 6.92. The number of nitrogens with zero attached hydrogens (tertiary/aromatic N) is 5. The van der Waals surface area contributed by atoms with Crippen LogP contribution in [0.1, 0.15) is 25.4 Å². The highest BCUT2D eigenvalue weighted by Crippen LogP contribution is 2.22. The molecule has 0 aliphatic rings. The summed E-state index contributed by atoms with van der Waals surface area (Å²) in [6.45, 7) is 7.56. The number of hydrogen-bond donors (Lipinski definition) is 2. The Hall–Kier alpha value is -3.42. The predicted molar refractivity (Wildman–Crippen MR) is 112 cm³/mol. The van der Waals surface area contributed by atoms with Gasteiger partial charge >= 0.3 is 0 Å². The number of rotatable bonds is 7. The van der Waals surface area contributed by atoms with Gasteiger partial charge in [-0.2, -0.15) is 10.2 Å². The van der Waals surface area contributed by atoms with E-state index in [9.17, 15) is 4.39 Å². The second-order valence-corrected chi connectivity index (χ2v) is 7.53. The molecule has 2 N–H and O–H groups in total. The number of aromatic amines is 1. The van der Waals surface area contributed by atoms with Crippen molar-refractivity contribution in [3.05, 3.63) is 66.0 Å². The van der Waals surface area contributed by atoms with Crippen molar-refractivity contribution in [2.45, 2.75) is 27.3 Å². The summed E-state index contributed by atoms with van der Waals surface area (Å²) in [5.41, 5.74) is 2.77. The number of nitrogens with one attached hydrogen (secondary N) is 2. The molecule has 1 aromatic carbocycles. The maximum atomic E-state index is 13.4. The van der Waals surface area contributed by atoms with Crippen LogP contribution in [-0.4, -0.2) is 31.3 Å². The third kappa shape index (κ3) is 4.37. The lowest BCUT2D eigenvalue weighted by Gasteiger charge is -2.26. The number of fused-ring (bicyclic) bond motifs is 1. The van der Waals surface area contributed by atoms with Crippen LogP contribution in [0.25, 0.3) is 5.52 Å². The van der Waals surface area contributed by atoms with Gasteiger partial charge in [-0.1, -0.05) is 13.8 Å². The summed E-state index contributed by atoms with van der Waals surface area (Å²) < 4.78 is 15.2. The van der Waals surface area contributed by atoms with E-state index in [2.05, 4.69) is 39.4 Å². The monoisotopic (exact) mass is 393 g/mol. The van der Waals surface area contributed by atoms with Gasteiger partial charge in [0.15, 0.2) is 17.5 Å². The van der Waals surface area contributed by atoms with Crippen LogP contribution in [0.2, 0.25) is 0 Å². The summed E-state index contributed by atoms with van der Waals surface area (Å²) in [7, 11) is 0. The van der Waals surface area contributed by atoms with E-state index < -0.39 is 0 Å². The first kappa shape index (κ1) is 18.9. The maximum Gasteiger partial charge on any atom is 0.170 e. The van der Waals surface area contributed by atoms with Gasteiger partial charge in [0.1, 0.15) is 11.3 Å². The van der Waals surface area contributed by atoms with Crippen molar-refractivity contribution in [3.8, 4) is 0 Å². The summed E-state index contributed by atoms with van der Waals surface area (Å²) >= 11 is 0. The molecule has 4 aromatic rings. The minimum atomic E-state index is -0.246. The molecule has 0 aliphatic heterocycles. The lowest BCUT2D eigenvalue weighted by Crippen LogP contribution is -2.28. The summed E-state index contributed by atoms with van der Waals surface area (Å²) in [5.74, 6) is 2.24. The zero-order chi connectivity index (χ0) is 20.4. The second kappa shape index (κ2) is 7.90. The minimum absolute atomic E-state index is 0.246. The van der Waals surface area contributed by atoms with E-state index >= 15 is 0 Å². The number of aryl methyl sites for hydroxylation is 1. The Morgan fingerprint density at radius 1 is 1.21 bits per heavy atom. The molecule has 8 heteroatoms. The molecular weight excluding hydrogens is 369 g/mol. The molecule has 0 saturated carbocycles. The molecule has 3 heterocycles. The molecule has 3 aromatic heterocycles. The van der Waals surface area contributed by atoms with Crippen molar-refractivity contribution in [2.24, 2.45) is 5.92 Å². The van der Waals surface area contributed by atoms with Crippen molar-refractivity contribution in [1.29, 1.82) is 0 Å². The Morgan fingerprint density at radius 2 is 2.00 bits per heavy atom. The van der Waals surface area contributed by atoms with Gasteiger partial charge in [0, 0.05) is 30.2 Å². The molecule has 0 atom stereocenters. The van der Waals surface area contributed by atoms with Crippen LogP contribution >= 0.6 is 0 Å². The summed E-state index contributed by atoms with van der Waals surface area (Å²) in [6.07, 6.45) is 1.90. The van der Waals surface area contributed by atoms with Gasteiger partial charge in [-0.3, -0.25) is 5.10 Å². The fraction of sp³-hybridized carbons (Fsp3) is 0.286. The SMILES string of the molecule is Cc1cc(Nc2nc(CN(CC(C)C)c3ccc(F)cc3)nn3cccc23)n[nH]1. The lowest BCUT2D eigenvalue weighted by molar-refractivity contribution is 0.595. The number of benzene rings is 1. The van der Waals surface area contributed by atoms with Gasteiger partial charge in [0.25, 0.3) is 0 Å². The van der Waals surface area contributed by atoms with Crippen LogP contribution in [0.15, 0.2) is 48.7 Å². The Kier molecular flexibility index (Phi) is 5.16. The first-order chi connectivity index (χ1) is 14.0. The van der Waals surface area contributed by atoms with E-state index in [1.807, 2.05) is 35.8 Å². The van der Waals surface area contributed by atoms with Crippen LogP contribution in [0.3, 0.4) is 0 Å². The van der Waals surface area contributed by atoms with Gasteiger partial charge in [-0.05, 0) is 49.2 Å². The van der Waals surface area contributed by atoms with Gasteiger partial charge in [-0.25, -0.2) is 13.9 Å². The Balaban J connectivity index is 1.67. The van der Waals surface area contributed by atoms with Crippen molar-refractivity contribution >= 4 is 22.8 Å². The van der Waals surface area contributed by atoms with Crippen molar-refractivity contribution < 1.29 is 4.39 Å². The fourth-order valence-corrected chi connectivity index (χ4v) is 3.27. The minimum Gasteiger partial charge on any atom is -0.364 e. The van der Waals surface area contributed by atoms with Crippen LogP contribution in [0, 0.1) is 18.7 Å². The highest BCUT2D eigenvalue weighted by molar-refractivity contribution is 5.72. The molecule has 0 saturated heterocycles. The largest absolute Gasteiger partial charge is 0.364 e. The quantitative estimate of drug-likeness (QED) is 0.490. The molecule has 150 valence electrons. The van der Waals surface area contributed by atoms with Gasteiger partial charge < -0.3 is 10.2 Å². The Labute approximate surface area is 168 Å². The molecule has 0 bridgehead atoms. The molecule has 0 amide bonds. The standard InChI is InChI=1S/C21H24FN7/c1-14(2)12-28(17-8-6-16(22)7-9-17)13-20-24-21(18-5-4-10-29(18)27-20)23-19-11-15(3)25-26-19/h4-11,14H,12-13H2,1-3H3,(H2,23,24,25,26,27). The topological polar surface area (TPSA) is 74.1 Å². The number of halogens is 1. The number of hydrogen-bond acceptors (Lipinski definition) is 5.